The second-order valence-electron chi connectivity index (χ2n) is 9.95. The molecule has 7 nitrogen and oxygen atoms in total. The van der Waals surface area contributed by atoms with Crippen LogP contribution in [-0.4, -0.2) is 59.8 Å². The van der Waals surface area contributed by atoms with Crippen molar-refractivity contribution in [2.24, 2.45) is 11.3 Å². The van der Waals surface area contributed by atoms with Gasteiger partial charge in [0, 0.05) is 50.5 Å². The molecule has 2 aromatic heterocycles. The Morgan fingerprint density at radius 1 is 1.32 bits per heavy atom. The van der Waals surface area contributed by atoms with Gasteiger partial charge in [-0.15, -0.1) is 0 Å². The van der Waals surface area contributed by atoms with Gasteiger partial charge >= 0.3 is 0 Å². The molecule has 1 saturated heterocycles. The third-order valence-corrected chi connectivity index (χ3v) is 7.60. The van der Waals surface area contributed by atoms with Crippen LogP contribution in [0.15, 0.2) is 52.4 Å². The summed E-state index contributed by atoms with van der Waals surface area (Å²) in [6, 6.07) is 3.59. The van der Waals surface area contributed by atoms with E-state index >= 15 is 0 Å². The second kappa shape index (κ2) is 9.65. The molecule has 7 heteroatoms. The first-order chi connectivity index (χ1) is 16.3. The Labute approximate surface area is 201 Å². The van der Waals surface area contributed by atoms with Gasteiger partial charge in [0.2, 0.25) is 0 Å². The van der Waals surface area contributed by atoms with E-state index in [-0.39, 0.29) is 17.2 Å². The number of nitrogens with one attached hydrogen (secondary N) is 1. The summed E-state index contributed by atoms with van der Waals surface area (Å²) in [5.41, 5.74) is 3.41. The highest BCUT2D eigenvalue weighted by Crippen LogP contribution is 2.59. The first kappa shape index (κ1) is 24.0. The highest BCUT2D eigenvalue weighted by molar-refractivity contribution is 5.98. The molecule has 182 valence electrons. The van der Waals surface area contributed by atoms with Crippen molar-refractivity contribution in [2.75, 3.05) is 33.2 Å². The molecule has 0 bridgehead atoms. The van der Waals surface area contributed by atoms with E-state index in [0.29, 0.717) is 23.8 Å². The molecule has 2 amide bonds. The average Bonchev–Trinajstić information content (AvgIpc) is 3.29. The molecule has 1 atom stereocenters. The van der Waals surface area contributed by atoms with Crippen molar-refractivity contribution in [3.05, 3.63) is 53.7 Å². The number of furan rings is 1. The molecular formula is C27H36N4O3. The smallest absolute Gasteiger partial charge is 0.287 e. The number of nitrogens with zero attached hydrogens (tertiary/aromatic N) is 3. The van der Waals surface area contributed by atoms with Crippen LogP contribution in [0, 0.1) is 11.3 Å². The normalized spacial score (nSPS) is 19.6. The maximum atomic E-state index is 13.4. The molecule has 1 spiro atoms. The van der Waals surface area contributed by atoms with Crippen LogP contribution in [0.3, 0.4) is 0 Å². The van der Waals surface area contributed by atoms with Crippen molar-refractivity contribution in [1.82, 2.24) is 20.1 Å². The Kier molecular flexibility index (Phi) is 6.82. The van der Waals surface area contributed by atoms with Crippen LogP contribution < -0.4 is 5.32 Å². The number of carbonyl (C=O) groups is 2. The van der Waals surface area contributed by atoms with E-state index in [1.54, 1.807) is 18.5 Å². The van der Waals surface area contributed by atoms with E-state index in [2.05, 4.69) is 28.7 Å². The Hall–Kier alpha value is -3.09. The van der Waals surface area contributed by atoms with Gasteiger partial charge in [-0.05, 0) is 68.6 Å². The van der Waals surface area contributed by atoms with Crippen LogP contribution >= 0.6 is 0 Å². The highest BCUT2D eigenvalue weighted by atomic mass is 16.3. The standard InChI is InChI=1S/C27H36N4O3/c1-6-11-30(5)19(4)24(18(2)3)26(33)31-12-8-27(9-13-31)15-21(27)16-29-25(32)22-14-20-7-10-28-17-23(20)34-22/h7,10,14,17,21H,2,6,8-9,11-13,15-16H2,1,3-5H3,(H,29,32)/b24-19+. The Morgan fingerprint density at radius 3 is 2.71 bits per heavy atom. The third-order valence-electron chi connectivity index (χ3n) is 7.60. The molecule has 0 aromatic carbocycles. The number of likely N-dealkylation sites (tertiary alicyclic amines) is 1. The number of hydrogen-bond donors (Lipinski definition) is 1. The summed E-state index contributed by atoms with van der Waals surface area (Å²) in [7, 11) is 2.03. The van der Waals surface area contributed by atoms with Crippen molar-refractivity contribution in [3.8, 4) is 0 Å². The lowest BCUT2D eigenvalue weighted by molar-refractivity contribution is -0.128. The lowest BCUT2D eigenvalue weighted by atomic mass is 9.90. The number of piperidine rings is 1. The molecule has 34 heavy (non-hydrogen) atoms. The van der Waals surface area contributed by atoms with Crippen molar-refractivity contribution in [2.45, 2.75) is 46.5 Å². The average molecular weight is 465 g/mol. The maximum Gasteiger partial charge on any atom is 0.287 e. The largest absolute Gasteiger partial charge is 0.449 e. The quantitative estimate of drug-likeness (QED) is 0.463. The molecule has 1 N–H and O–H groups in total. The SMILES string of the molecule is C=C(C)/C(C(=O)N1CCC2(CC1)CC2CNC(=O)c1cc2ccncc2o1)=C(/C)N(C)CCC. The van der Waals surface area contributed by atoms with E-state index in [1.165, 1.54) is 0 Å². The number of hydrogen-bond acceptors (Lipinski definition) is 5. The number of pyridine rings is 1. The van der Waals surface area contributed by atoms with Gasteiger partial charge in [0.25, 0.3) is 11.8 Å². The molecule has 1 aliphatic heterocycles. The maximum absolute atomic E-state index is 13.4. The van der Waals surface area contributed by atoms with Crippen LogP contribution in [-0.2, 0) is 4.79 Å². The molecule has 3 heterocycles. The van der Waals surface area contributed by atoms with Crippen molar-refractivity contribution in [3.63, 3.8) is 0 Å². The first-order valence-corrected chi connectivity index (χ1v) is 12.2. The number of amides is 2. The first-order valence-electron chi connectivity index (χ1n) is 12.2. The molecule has 2 fully saturated rings. The lowest BCUT2D eigenvalue weighted by Gasteiger charge is -2.34. The van der Waals surface area contributed by atoms with Gasteiger partial charge in [-0.3, -0.25) is 14.6 Å². The predicted molar refractivity (Wildman–Crippen MR) is 133 cm³/mol. The van der Waals surface area contributed by atoms with Gasteiger partial charge in [0.15, 0.2) is 11.3 Å². The zero-order valence-electron chi connectivity index (χ0n) is 20.8. The number of aromatic nitrogens is 1. The van der Waals surface area contributed by atoms with E-state index in [0.717, 1.165) is 67.5 Å². The van der Waals surface area contributed by atoms with E-state index < -0.39 is 0 Å². The van der Waals surface area contributed by atoms with Crippen LogP contribution in [0.4, 0.5) is 0 Å². The van der Waals surface area contributed by atoms with Crippen molar-refractivity contribution >= 4 is 22.8 Å². The summed E-state index contributed by atoms with van der Waals surface area (Å²) in [5.74, 6) is 0.676. The minimum Gasteiger partial charge on any atom is -0.449 e. The Balaban J connectivity index is 1.31. The topological polar surface area (TPSA) is 78.7 Å². The van der Waals surface area contributed by atoms with Crippen LogP contribution in [0.5, 0.6) is 0 Å². The fraction of sp³-hybridized carbons (Fsp3) is 0.519. The third kappa shape index (κ3) is 4.74. The molecule has 2 aromatic rings. The minimum absolute atomic E-state index is 0.0904. The van der Waals surface area contributed by atoms with Gasteiger partial charge in [0.1, 0.15) is 0 Å². The predicted octanol–water partition coefficient (Wildman–Crippen LogP) is 4.38. The Morgan fingerprint density at radius 2 is 2.06 bits per heavy atom. The molecule has 1 aliphatic carbocycles. The van der Waals surface area contributed by atoms with Crippen molar-refractivity contribution in [1.29, 1.82) is 0 Å². The second-order valence-corrected chi connectivity index (χ2v) is 9.95. The Bertz CT molecular complexity index is 1090. The van der Waals surface area contributed by atoms with Crippen LogP contribution in [0.25, 0.3) is 11.0 Å². The number of fused-ring (bicyclic) bond motifs is 1. The summed E-state index contributed by atoms with van der Waals surface area (Å²) >= 11 is 0. The fourth-order valence-electron chi connectivity index (χ4n) is 5.29. The minimum atomic E-state index is -0.186. The zero-order chi connectivity index (χ0) is 24.5. The van der Waals surface area contributed by atoms with Crippen molar-refractivity contribution < 1.29 is 14.0 Å². The number of allylic oxidation sites excluding steroid dienone is 1. The van der Waals surface area contributed by atoms with Gasteiger partial charge < -0.3 is 19.5 Å². The van der Waals surface area contributed by atoms with Crippen LogP contribution in [0.1, 0.15) is 57.0 Å². The van der Waals surface area contributed by atoms with Crippen LogP contribution in [0.2, 0.25) is 0 Å². The van der Waals surface area contributed by atoms with E-state index in [4.69, 9.17) is 4.42 Å². The van der Waals surface area contributed by atoms with Gasteiger partial charge in [-0.2, -0.15) is 0 Å². The highest BCUT2D eigenvalue weighted by Gasteiger charge is 2.55. The molecule has 1 saturated carbocycles. The van der Waals surface area contributed by atoms with E-state index in [1.807, 2.05) is 31.9 Å². The fourth-order valence-corrected chi connectivity index (χ4v) is 5.29. The summed E-state index contributed by atoms with van der Waals surface area (Å²) in [6.45, 7) is 13.2. The van der Waals surface area contributed by atoms with Gasteiger partial charge in [-0.25, -0.2) is 0 Å². The number of carbonyl (C=O) groups excluding carboxylic acids is 2. The summed E-state index contributed by atoms with van der Waals surface area (Å²) in [6.07, 6.45) is 7.38. The molecule has 1 unspecified atom stereocenters. The summed E-state index contributed by atoms with van der Waals surface area (Å²) in [5, 5.41) is 3.92. The zero-order valence-corrected chi connectivity index (χ0v) is 20.8. The monoisotopic (exact) mass is 464 g/mol. The molecule has 2 aliphatic rings. The molecular weight excluding hydrogens is 428 g/mol. The molecule has 4 rings (SSSR count). The summed E-state index contributed by atoms with van der Waals surface area (Å²) in [4.78, 5) is 34.1. The lowest BCUT2D eigenvalue weighted by Crippen LogP contribution is -2.41. The summed E-state index contributed by atoms with van der Waals surface area (Å²) < 4.78 is 5.62. The van der Waals surface area contributed by atoms with Gasteiger partial charge in [0.05, 0.1) is 11.8 Å². The van der Waals surface area contributed by atoms with E-state index in [9.17, 15) is 9.59 Å². The molecule has 0 radical (unpaired) electrons. The van der Waals surface area contributed by atoms with Gasteiger partial charge in [-0.1, -0.05) is 13.5 Å². The number of rotatable bonds is 8.